The van der Waals surface area contributed by atoms with E-state index in [9.17, 15) is 0 Å². The molecule has 3 heteroatoms. The molecule has 1 aromatic carbocycles. The van der Waals surface area contributed by atoms with Crippen molar-refractivity contribution in [1.82, 2.24) is 15.1 Å². The highest BCUT2D eigenvalue weighted by atomic mass is 15.3. The molecule has 0 saturated heterocycles. The van der Waals surface area contributed by atoms with E-state index in [1.54, 1.807) is 0 Å². The zero-order valence-corrected chi connectivity index (χ0v) is 13.2. The number of para-hydroxylation sites is 1. The number of benzene rings is 1. The smallest absolute Gasteiger partial charge is 0.0709 e. The zero-order chi connectivity index (χ0) is 14.6. The van der Waals surface area contributed by atoms with E-state index in [2.05, 4.69) is 50.4 Å². The number of hydrogen-bond acceptors (Lipinski definition) is 2. The van der Waals surface area contributed by atoms with E-state index < -0.39 is 0 Å². The lowest BCUT2D eigenvalue weighted by Crippen LogP contribution is -2.35. The molecular weight excluding hydrogens is 246 g/mol. The average molecular weight is 273 g/mol. The van der Waals surface area contributed by atoms with E-state index in [0.29, 0.717) is 5.41 Å². The second-order valence-corrected chi connectivity index (χ2v) is 5.75. The summed E-state index contributed by atoms with van der Waals surface area (Å²) in [6.07, 6.45) is 3.41. The Balaban J connectivity index is 2.33. The molecule has 0 aliphatic rings. The zero-order valence-electron chi connectivity index (χ0n) is 13.2. The van der Waals surface area contributed by atoms with Gasteiger partial charge in [0, 0.05) is 19.0 Å². The molecule has 0 bridgehead atoms. The van der Waals surface area contributed by atoms with Gasteiger partial charge in [0.2, 0.25) is 0 Å². The first kappa shape index (κ1) is 15.0. The number of aromatic nitrogens is 2. The number of fused-ring (bicyclic) bond motifs is 1. The number of nitrogens with zero attached hydrogens (tertiary/aromatic N) is 2. The van der Waals surface area contributed by atoms with E-state index in [-0.39, 0.29) is 0 Å². The Labute approximate surface area is 122 Å². The van der Waals surface area contributed by atoms with Gasteiger partial charge >= 0.3 is 0 Å². The van der Waals surface area contributed by atoms with Gasteiger partial charge in [0.25, 0.3) is 0 Å². The third-order valence-electron chi connectivity index (χ3n) is 4.63. The molecule has 2 aromatic rings. The van der Waals surface area contributed by atoms with Gasteiger partial charge in [-0.15, -0.1) is 0 Å². The Morgan fingerprint density at radius 1 is 1.15 bits per heavy atom. The molecule has 0 aliphatic heterocycles. The predicted molar refractivity (Wildman–Crippen MR) is 86.0 cm³/mol. The molecule has 110 valence electrons. The maximum absolute atomic E-state index is 4.77. The fraction of sp³-hybridized carbons (Fsp3) is 0.588. The van der Waals surface area contributed by atoms with E-state index in [0.717, 1.165) is 19.5 Å². The quantitative estimate of drug-likeness (QED) is 0.836. The van der Waals surface area contributed by atoms with E-state index in [4.69, 9.17) is 5.10 Å². The molecule has 0 unspecified atom stereocenters. The molecule has 0 aliphatic carbocycles. The lowest BCUT2D eigenvalue weighted by Gasteiger charge is -2.31. The van der Waals surface area contributed by atoms with Gasteiger partial charge in [-0.2, -0.15) is 5.10 Å². The van der Waals surface area contributed by atoms with Gasteiger partial charge in [-0.3, -0.25) is 4.68 Å². The van der Waals surface area contributed by atoms with Crippen LogP contribution >= 0.6 is 0 Å². The molecule has 20 heavy (non-hydrogen) atoms. The Kier molecular flexibility index (Phi) is 4.81. The van der Waals surface area contributed by atoms with Crippen molar-refractivity contribution >= 4 is 10.9 Å². The van der Waals surface area contributed by atoms with Crippen LogP contribution in [0.1, 0.15) is 39.3 Å². The fourth-order valence-corrected chi connectivity index (χ4v) is 2.98. The molecule has 3 nitrogen and oxygen atoms in total. The van der Waals surface area contributed by atoms with Crippen molar-refractivity contribution in [2.24, 2.45) is 12.5 Å². The summed E-state index contributed by atoms with van der Waals surface area (Å²) in [5.74, 6) is 0. The highest BCUT2D eigenvalue weighted by molar-refractivity contribution is 5.81. The average Bonchev–Trinajstić information content (AvgIpc) is 2.80. The summed E-state index contributed by atoms with van der Waals surface area (Å²) < 4.78 is 2.01. The molecule has 0 saturated carbocycles. The number of nitrogens with one attached hydrogen (secondary N) is 1. The van der Waals surface area contributed by atoms with Crippen LogP contribution in [0.4, 0.5) is 0 Å². The SMILES string of the molecule is CCNCC(CC)(CC)Cc1nn(C)c2ccccc12. The second-order valence-electron chi connectivity index (χ2n) is 5.75. The Morgan fingerprint density at radius 3 is 2.50 bits per heavy atom. The summed E-state index contributed by atoms with van der Waals surface area (Å²) in [5, 5.41) is 9.60. The molecule has 2 rings (SSSR count). The highest BCUT2D eigenvalue weighted by Gasteiger charge is 2.28. The van der Waals surface area contributed by atoms with E-state index >= 15 is 0 Å². The minimum absolute atomic E-state index is 0.313. The van der Waals surface area contributed by atoms with Gasteiger partial charge in [0.15, 0.2) is 0 Å². The molecule has 0 spiro atoms. The van der Waals surface area contributed by atoms with Crippen molar-refractivity contribution in [1.29, 1.82) is 0 Å². The third-order valence-corrected chi connectivity index (χ3v) is 4.63. The molecule has 0 radical (unpaired) electrons. The molecule has 1 N–H and O–H groups in total. The summed E-state index contributed by atoms with van der Waals surface area (Å²) in [5.41, 5.74) is 2.78. The normalized spacial score (nSPS) is 12.2. The highest BCUT2D eigenvalue weighted by Crippen LogP contribution is 2.32. The van der Waals surface area contributed by atoms with Crippen LogP contribution in [0, 0.1) is 5.41 Å². The standard InChI is InChI=1S/C17H27N3/c1-5-17(6-2,13-18-7-3)12-15-14-10-8-9-11-16(14)20(4)19-15/h8-11,18H,5-7,12-13H2,1-4H3. The number of aryl methyl sites for hydroxylation is 1. The van der Waals surface area contributed by atoms with Crippen LogP contribution in [0.5, 0.6) is 0 Å². The first-order chi connectivity index (χ1) is 9.65. The van der Waals surface area contributed by atoms with Crippen molar-refractivity contribution in [2.75, 3.05) is 13.1 Å². The Bertz CT molecular complexity index is 552. The minimum Gasteiger partial charge on any atom is -0.316 e. The van der Waals surface area contributed by atoms with Crippen molar-refractivity contribution in [3.05, 3.63) is 30.0 Å². The molecule has 0 atom stereocenters. The molecule has 0 fully saturated rings. The summed E-state index contributed by atoms with van der Waals surface area (Å²) in [6.45, 7) is 8.87. The first-order valence-electron chi connectivity index (χ1n) is 7.77. The van der Waals surface area contributed by atoms with Gasteiger partial charge in [-0.25, -0.2) is 0 Å². The van der Waals surface area contributed by atoms with Crippen LogP contribution in [0.2, 0.25) is 0 Å². The van der Waals surface area contributed by atoms with Crippen LogP contribution in [-0.2, 0) is 13.5 Å². The Hall–Kier alpha value is -1.35. The van der Waals surface area contributed by atoms with Crippen molar-refractivity contribution in [3.8, 4) is 0 Å². The predicted octanol–water partition coefficient (Wildman–Crippen LogP) is 3.53. The fourth-order valence-electron chi connectivity index (χ4n) is 2.98. The van der Waals surface area contributed by atoms with Crippen molar-refractivity contribution < 1.29 is 0 Å². The maximum atomic E-state index is 4.77. The topological polar surface area (TPSA) is 29.9 Å². The number of hydrogen-bond donors (Lipinski definition) is 1. The minimum atomic E-state index is 0.313. The van der Waals surface area contributed by atoms with Gasteiger partial charge in [0.05, 0.1) is 11.2 Å². The van der Waals surface area contributed by atoms with Crippen LogP contribution in [0.15, 0.2) is 24.3 Å². The molecule has 1 aromatic heterocycles. The third kappa shape index (κ3) is 2.88. The summed E-state index contributed by atoms with van der Waals surface area (Å²) in [6, 6.07) is 8.54. The summed E-state index contributed by atoms with van der Waals surface area (Å²) in [7, 11) is 2.04. The van der Waals surface area contributed by atoms with Crippen molar-refractivity contribution in [2.45, 2.75) is 40.0 Å². The maximum Gasteiger partial charge on any atom is 0.0709 e. The van der Waals surface area contributed by atoms with Crippen LogP contribution in [0.3, 0.4) is 0 Å². The van der Waals surface area contributed by atoms with Gasteiger partial charge in [-0.1, -0.05) is 39.0 Å². The van der Waals surface area contributed by atoms with E-state index in [1.165, 1.54) is 29.4 Å². The number of rotatable bonds is 7. The largest absolute Gasteiger partial charge is 0.316 e. The van der Waals surface area contributed by atoms with Gasteiger partial charge in [0.1, 0.15) is 0 Å². The Morgan fingerprint density at radius 2 is 1.85 bits per heavy atom. The van der Waals surface area contributed by atoms with Gasteiger partial charge in [-0.05, 0) is 37.3 Å². The summed E-state index contributed by atoms with van der Waals surface area (Å²) in [4.78, 5) is 0. The first-order valence-corrected chi connectivity index (χ1v) is 7.77. The molecule has 1 heterocycles. The van der Waals surface area contributed by atoms with Crippen LogP contribution < -0.4 is 5.32 Å². The van der Waals surface area contributed by atoms with Crippen LogP contribution in [0.25, 0.3) is 10.9 Å². The van der Waals surface area contributed by atoms with Crippen LogP contribution in [-0.4, -0.2) is 22.9 Å². The summed E-state index contributed by atoms with van der Waals surface area (Å²) >= 11 is 0. The molecular formula is C17H27N3. The molecule has 0 amide bonds. The van der Waals surface area contributed by atoms with Crippen molar-refractivity contribution in [3.63, 3.8) is 0 Å². The monoisotopic (exact) mass is 273 g/mol. The second kappa shape index (κ2) is 6.40. The van der Waals surface area contributed by atoms with Gasteiger partial charge < -0.3 is 5.32 Å². The van der Waals surface area contributed by atoms with E-state index in [1.807, 2.05) is 11.7 Å². The lowest BCUT2D eigenvalue weighted by atomic mass is 9.77. The lowest BCUT2D eigenvalue weighted by molar-refractivity contribution is 0.246.